The second-order valence-electron chi connectivity index (χ2n) is 5.48. The van der Waals surface area contributed by atoms with Gasteiger partial charge >= 0.3 is 0 Å². The summed E-state index contributed by atoms with van der Waals surface area (Å²) in [6.45, 7) is 3.78. The Balaban J connectivity index is 1.58. The second-order valence-corrected chi connectivity index (χ2v) is 5.48. The van der Waals surface area contributed by atoms with E-state index in [2.05, 4.69) is 17.0 Å². The molecule has 3 rings (SSSR count). The van der Waals surface area contributed by atoms with E-state index < -0.39 is 0 Å². The van der Waals surface area contributed by atoms with Crippen molar-refractivity contribution in [2.75, 3.05) is 13.1 Å². The summed E-state index contributed by atoms with van der Waals surface area (Å²) in [5.41, 5.74) is 3.08. The van der Waals surface area contributed by atoms with E-state index in [9.17, 15) is 0 Å². The summed E-state index contributed by atoms with van der Waals surface area (Å²) < 4.78 is 0. The Labute approximate surface area is 96.9 Å². The van der Waals surface area contributed by atoms with Crippen LogP contribution in [0.1, 0.15) is 30.4 Å². The maximum Gasteiger partial charge on any atom is 0.0681 e. The summed E-state index contributed by atoms with van der Waals surface area (Å²) in [5, 5.41) is 9.08. The van der Waals surface area contributed by atoms with Gasteiger partial charge in [0.1, 0.15) is 0 Å². The quantitative estimate of drug-likeness (QED) is 0.838. The first-order valence-corrected chi connectivity index (χ1v) is 6.21. The normalized spacial score (nSPS) is 22.8. The Morgan fingerprint density at radius 1 is 1.19 bits per heavy atom. The first kappa shape index (κ1) is 10.3. The third kappa shape index (κ3) is 1.76. The topological polar surface area (TPSA) is 23.5 Å². The summed E-state index contributed by atoms with van der Waals surface area (Å²) in [6.07, 6.45) is 4.33. The predicted octanol–water partition coefficient (Wildman–Crippen LogP) is 2.16. The summed E-state index contributed by atoms with van der Waals surface area (Å²) >= 11 is 0. The Morgan fingerprint density at radius 2 is 1.94 bits per heavy atom. The molecule has 1 saturated carbocycles. The summed E-state index contributed by atoms with van der Waals surface area (Å²) in [4.78, 5) is 2.52. The highest BCUT2D eigenvalue weighted by Gasteiger charge is 2.46. The smallest absolute Gasteiger partial charge is 0.0681 e. The maximum absolute atomic E-state index is 9.08. The van der Waals surface area contributed by atoms with Crippen LogP contribution < -0.4 is 0 Å². The van der Waals surface area contributed by atoms with Crippen LogP contribution in [0.15, 0.2) is 24.3 Å². The first-order valence-electron chi connectivity index (χ1n) is 6.21. The van der Waals surface area contributed by atoms with Gasteiger partial charge in [-0.3, -0.25) is 4.90 Å². The van der Waals surface area contributed by atoms with Crippen LogP contribution in [-0.4, -0.2) is 23.1 Å². The molecule has 1 aliphatic heterocycles. The van der Waals surface area contributed by atoms with E-state index in [1.54, 1.807) is 0 Å². The van der Waals surface area contributed by atoms with E-state index in [0.29, 0.717) is 5.41 Å². The van der Waals surface area contributed by atoms with E-state index in [-0.39, 0.29) is 6.61 Å². The molecule has 1 saturated heterocycles. The van der Waals surface area contributed by atoms with Crippen molar-refractivity contribution in [1.82, 2.24) is 4.90 Å². The van der Waals surface area contributed by atoms with Crippen LogP contribution in [0.25, 0.3) is 0 Å². The Kier molecular flexibility index (Phi) is 2.49. The zero-order chi connectivity index (χ0) is 11.0. The maximum atomic E-state index is 9.08. The van der Waals surface area contributed by atoms with Gasteiger partial charge in [0.2, 0.25) is 0 Å². The molecule has 2 heteroatoms. The molecular formula is C14H19NO. The van der Waals surface area contributed by atoms with Crippen LogP contribution in [0, 0.1) is 5.41 Å². The number of likely N-dealkylation sites (tertiary alicyclic amines) is 1. The van der Waals surface area contributed by atoms with Crippen molar-refractivity contribution in [1.29, 1.82) is 0 Å². The fraction of sp³-hybridized carbons (Fsp3) is 0.571. The van der Waals surface area contributed by atoms with Crippen LogP contribution in [-0.2, 0) is 13.2 Å². The lowest BCUT2D eigenvalue weighted by Crippen LogP contribution is -2.58. The minimum atomic E-state index is 0.151. The molecule has 0 radical (unpaired) electrons. The third-order valence-electron chi connectivity index (χ3n) is 4.11. The molecular weight excluding hydrogens is 198 g/mol. The highest BCUT2D eigenvalue weighted by atomic mass is 16.3. The van der Waals surface area contributed by atoms with Crippen LogP contribution in [0.2, 0.25) is 0 Å². The molecule has 2 fully saturated rings. The standard InChI is InChI=1S/C14H19NO/c16-9-13-4-1-3-12(7-13)8-15-10-14(11-15)5-2-6-14/h1,3-4,7,16H,2,5-6,8-11H2. The predicted molar refractivity (Wildman–Crippen MR) is 63.9 cm³/mol. The van der Waals surface area contributed by atoms with Gasteiger partial charge in [0.15, 0.2) is 0 Å². The number of hydrogen-bond donors (Lipinski definition) is 1. The van der Waals surface area contributed by atoms with Gasteiger partial charge in [-0.2, -0.15) is 0 Å². The van der Waals surface area contributed by atoms with E-state index in [4.69, 9.17) is 5.11 Å². The molecule has 0 bridgehead atoms. The molecule has 1 aromatic carbocycles. The summed E-state index contributed by atoms with van der Waals surface area (Å²) in [7, 11) is 0. The van der Waals surface area contributed by atoms with Gasteiger partial charge in [0.25, 0.3) is 0 Å². The van der Waals surface area contributed by atoms with Crippen molar-refractivity contribution in [3.63, 3.8) is 0 Å². The second kappa shape index (κ2) is 3.86. The van der Waals surface area contributed by atoms with Gasteiger partial charge in [-0.1, -0.05) is 30.7 Å². The number of aliphatic hydroxyl groups excluding tert-OH is 1. The SMILES string of the molecule is OCc1cccc(CN2CC3(CCC3)C2)c1. The highest BCUT2D eigenvalue weighted by Crippen LogP contribution is 2.48. The monoisotopic (exact) mass is 217 g/mol. The summed E-state index contributed by atoms with van der Waals surface area (Å²) in [5.74, 6) is 0. The molecule has 2 aliphatic rings. The first-order chi connectivity index (χ1) is 7.80. The van der Waals surface area contributed by atoms with Crippen molar-refractivity contribution in [2.45, 2.75) is 32.4 Å². The minimum absolute atomic E-state index is 0.151. The van der Waals surface area contributed by atoms with Crippen LogP contribution in [0.4, 0.5) is 0 Å². The minimum Gasteiger partial charge on any atom is -0.392 e. The average Bonchev–Trinajstić information content (AvgIpc) is 2.20. The van der Waals surface area contributed by atoms with Gasteiger partial charge in [-0.15, -0.1) is 0 Å². The highest BCUT2D eigenvalue weighted by molar-refractivity contribution is 5.23. The van der Waals surface area contributed by atoms with E-state index in [1.165, 1.54) is 37.9 Å². The lowest BCUT2D eigenvalue weighted by Gasteiger charge is -2.56. The fourth-order valence-electron chi connectivity index (χ4n) is 3.09. The van der Waals surface area contributed by atoms with Crippen LogP contribution >= 0.6 is 0 Å². The van der Waals surface area contributed by atoms with E-state index in [0.717, 1.165) is 12.1 Å². The Morgan fingerprint density at radius 3 is 2.56 bits per heavy atom. The molecule has 0 amide bonds. The number of hydrogen-bond acceptors (Lipinski definition) is 2. The Bertz CT molecular complexity index is 376. The third-order valence-corrected chi connectivity index (χ3v) is 4.11. The van der Waals surface area contributed by atoms with Crippen LogP contribution in [0.3, 0.4) is 0 Å². The number of benzene rings is 1. The molecule has 86 valence electrons. The number of aliphatic hydroxyl groups is 1. The van der Waals surface area contributed by atoms with Crippen molar-refractivity contribution < 1.29 is 5.11 Å². The van der Waals surface area contributed by atoms with Crippen molar-refractivity contribution in [3.05, 3.63) is 35.4 Å². The van der Waals surface area contributed by atoms with Gasteiger partial charge in [-0.05, 0) is 29.4 Å². The zero-order valence-corrected chi connectivity index (χ0v) is 9.65. The lowest BCUT2D eigenvalue weighted by atomic mass is 9.63. The van der Waals surface area contributed by atoms with Gasteiger partial charge in [0.05, 0.1) is 6.61 Å². The molecule has 1 spiro atoms. The number of nitrogens with zero attached hydrogens (tertiary/aromatic N) is 1. The average molecular weight is 217 g/mol. The van der Waals surface area contributed by atoms with Crippen LogP contribution in [0.5, 0.6) is 0 Å². The van der Waals surface area contributed by atoms with Gasteiger partial charge < -0.3 is 5.11 Å². The van der Waals surface area contributed by atoms with Gasteiger partial charge in [-0.25, -0.2) is 0 Å². The largest absolute Gasteiger partial charge is 0.392 e. The van der Waals surface area contributed by atoms with Crippen molar-refractivity contribution in [2.24, 2.45) is 5.41 Å². The molecule has 2 nitrogen and oxygen atoms in total. The number of rotatable bonds is 3. The van der Waals surface area contributed by atoms with E-state index in [1.807, 2.05) is 12.1 Å². The molecule has 0 unspecified atom stereocenters. The molecule has 1 aromatic rings. The van der Waals surface area contributed by atoms with Crippen molar-refractivity contribution in [3.8, 4) is 0 Å². The molecule has 1 heterocycles. The lowest BCUT2D eigenvalue weighted by molar-refractivity contribution is -0.0645. The fourth-order valence-corrected chi connectivity index (χ4v) is 3.09. The van der Waals surface area contributed by atoms with Crippen molar-refractivity contribution >= 4 is 0 Å². The van der Waals surface area contributed by atoms with Gasteiger partial charge in [0, 0.05) is 19.6 Å². The zero-order valence-electron chi connectivity index (χ0n) is 9.65. The Hall–Kier alpha value is -0.860. The molecule has 16 heavy (non-hydrogen) atoms. The molecule has 1 aliphatic carbocycles. The van der Waals surface area contributed by atoms with E-state index >= 15 is 0 Å². The summed E-state index contributed by atoms with van der Waals surface area (Å²) in [6, 6.07) is 8.30. The molecule has 1 N–H and O–H groups in total. The molecule has 0 atom stereocenters. The molecule has 0 aromatic heterocycles.